The quantitative estimate of drug-likeness (QED) is 0.776. The van der Waals surface area contributed by atoms with E-state index in [2.05, 4.69) is 10.3 Å². The molecule has 3 aromatic rings. The van der Waals surface area contributed by atoms with Crippen LogP contribution in [0.25, 0.3) is 0 Å². The van der Waals surface area contributed by atoms with Crippen molar-refractivity contribution in [3.63, 3.8) is 0 Å². The van der Waals surface area contributed by atoms with E-state index in [1.54, 1.807) is 35.2 Å². The fourth-order valence-electron chi connectivity index (χ4n) is 2.75. The summed E-state index contributed by atoms with van der Waals surface area (Å²) in [5.41, 5.74) is 2.45. The first-order valence-electron chi connectivity index (χ1n) is 8.11. The van der Waals surface area contributed by atoms with Gasteiger partial charge in [-0.15, -0.1) is 0 Å². The van der Waals surface area contributed by atoms with Crippen molar-refractivity contribution in [1.82, 2.24) is 14.9 Å². The molecule has 0 bridgehead atoms. The predicted octanol–water partition coefficient (Wildman–Crippen LogP) is 3.32. The van der Waals surface area contributed by atoms with Crippen LogP contribution in [0.1, 0.15) is 28.6 Å². The molecule has 25 heavy (non-hydrogen) atoms. The van der Waals surface area contributed by atoms with E-state index >= 15 is 0 Å². The van der Waals surface area contributed by atoms with Crippen molar-refractivity contribution >= 4 is 5.91 Å². The molecule has 3 rings (SSSR count). The summed E-state index contributed by atoms with van der Waals surface area (Å²) >= 11 is 0. The van der Waals surface area contributed by atoms with Gasteiger partial charge in [0.15, 0.2) is 0 Å². The second-order valence-electron chi connectivity index (χ2n) is 6.08. The molecule has 0 saturated heterocycles. The minimum atomic E-state index is -0.640. The van der Waals surface area contributed by atoms with Crippen LogP contribution in [-0.2, 0) is 18.3 Å². The molecule has 5 heteroatoms. The molecule has 1 amide bonds. The van der Waals surface area contributed by atoms with Gasteiger partial charge in [0.2, 0.25) is 5.91 Å². The number of aromatic nitrogens is 2. The minimum Gasteiger partial charge on any atom is -0.342 e. The minimum absolute atomic E-state index is 0.180. The molecule has 0 spiro atoms. The average molecular weight is 337 g/mol. The van der Waals surface area contributed by atoms with Crippen LogP contribution in [0, 0.1) is 12.7 Å². The summed E-state index contributed by atoms with van der Waals surface area (Å²) in [5, 5.41) is 2.92. The number of rotatable bonds is 5. The molecule has 2 aromatic carbocycles. The maximum atomic E-state index is 14.3. The number of hydrogen-bond acceptors (Lipinski definition) is 2. The van der Waals surface area contributed by atoms with Gasteiger partial charge in [-0.05, 0) is 18.6 Å². The molecular weight excluding hydrogens is 317 g/mol. The number of nitrogens with one attached hydrogen (secondary N) is 1. The molecule has 0 aliphatic carbocycles. The van der Waals surface area contributed by atoms with E-state index in [1.165, 1.54) is 6.07 Å². The molecule has 0 fully saturated rings. The van der Waals surface area contributed by atoms with Crippen LogP contribution < -0.4 is 5.32 Å². The van der Waals surface area contributed by atoms with Crippen molar-refractivity contribution in [3.8, 4) is 0 Å². The number of carbonyl (C=O) groups excluding carboxylic acids is 1. The molecule has 1 aromatic heterocycles. The van der Waals surface area contributed by atoms with Crippen LogP contribution >= 0.6 is 0 Å². The smallest absolute Gasteiger partial charge is 0.225 e. The van der Waals surface area contributed by atoms with Gasteiger partial charge in [-0.25, -0.2) is 9.37 Å². The Bertz CT molecular complexity index is 871. The number of halogens is 1. The average Bonchev–Trinajstić information content (AvgIpc) is 3.01. The fraction of sp³-hybridized carbons (Fsp3) is 0.200. The number of carbonyl (C=O) groups is 1. The Morgan fingerprint density at radius 3 is 2.56 bits per heavy atom. The van der Waals surface area contributed by atoms with Gasteiger partial charge in [-0.3, -0.25) is 4.79 Å². The van der Waals surface area contributed by atoms with Crippen LogP contribution in [0.2, 0.25) is 0 Å². The highest BCUT2D eigenvalue weighted by atomic mass is 19.1. The van der Waals surface area contributed by atoms with Gasteiger partial charge in [-0.1, -0.05) is 48.0 Å². The number of aryl methyl sites for hydroxylation is 2. The summed E-state index contributed by atoms with van der Waals surface area (Å²) in [4.78, 5) is 16.8. The molecular formula is C20H20FN3O. The lowest BCUT2D eigenvalue weighted by Gasteiger charge is -2.20. The van der Waals surface area contributed by atoms with E-state index in [0.717, 1.165) is 11.1 Å². The van der Waals surface area contributed by atoms with E-state index in [9.17, 15) is 9.18 Å². The van der Waals surface area contributed by atoms with E-state index < -0.39 is 6.04 Å². The second kappa shape index (κ2) is 7.30. The molecule has 1 N–H and O–H groups in total. The van der Waals surface area contributed by atoms with Gasteiger partial charge in [0.1, 0.15) is 17.7 Å². The van der Waals surface area contributed by atoms with Gasteiger partial charge >= 0.3 is 0 Å². The first-order chi connectivity index (χ1) is 12.0. The molecule has 1 unspecified atom stereocenters. The third-order valence-electron chi connectivity index (χ3n) is 4.12. The summed E-state index contributed by atoms with van der Waals surface area (Å²) < 4.78 is 16.1. The molecule has 1 heterocycles. The van der Waals surface area contributed by atoms with Crippen molar-refractivity contribution in [2.45, 2.75) is 19.4 Å². The standard InChI is InChI=1S/C20H20FN3O/c1-14-7-9-15(10-8-14)13-18(25)23-19(20-22-11-12-24(20)2)16-5-3-4-6-17(16)21/h3-12,19H,13H2,1-2H3,(H,23,25). The molecule has 0 aliphatic heterocycles. The van der Waals surface area contributed by atoms with Crippen LogP contribution in [0.4, 0.5) is 4.39 Å². The Hall–Kier alpha value is -2.95. The van der Waals surface area contributed by atoms with Gasteiger partial charge in [0.25, 0.3) is 0 Å². The Morgan fingerprint density at radius 1 is 1.20 bits per heavy atom. The summed E-state index contributed by atoms with van der Waals surface area (Å²) in [6, 6.07) is 13.6. The summed E-state index contributed by atoms with van der Waals surface area (Å²) in [7, 11) is 1.82. The Morgan fingerprint density at radius 2 is 1.92 bits per heavy atom. The van der Waals surface area contributed by atoms with E-state index in [0.29, 0.717) is 11.4 Å². The number of nitrogens with zero attached hydrogens (tertiary/aromatic N) is 2. The lowest BCUT2D eigenvalue weighted by molar-refractivity contribution is -0.121. The van der Waals surface area contributed by atoms with Crippen LogP contribution in [-0.4, -0.2) is 15.5 Å². The van der Waals surface area contributed by atoms with Crippen molar-refractivity contribution in [3.05, 3.63) is 89.3 Å². The van der Waals surface area contributed by atoms with Crippen LogP contribution in [0.15, 0.2) is 60.9 Å². The predicted molar refractivity (Wildman–Crippen MR) is 94.5 cm³/mol. The Kier molecular flexibility index (Phi) is 4.93. The maximum Gasteiger partial charge on any atom is 0.225 e. The molecule has 0 radical (unpaired) electrons. The molecule has 1 atom stereocenters. The fourth-order valence-corrected chi connectivity index (χ4v) is 2.75. The SMILES string of the molecule is Cc1ccc(CC(=O)NC(c2ccccc2F)c2nccn2C)cc1. The van der Waals surface area contributed by atoms with Gasteiger partial charge in [0.05, 0.1) is 6.42 Å². The van der Waals surface area contributed by atoms with E-state index in [-0.39, 0.29) is 18.1 Å². The monoisotopic (exact) mass is 337 g/mol. The molecule has 128 valence electrons. The highest BCUT2D eigenvalue weighted by molar-refractivity contribution is 5.79. The molecule has 4 nitrogen and oxygen atoms in total. The van der Waals surface area contributed by atoms with Crippen molar-refractivity contribution in [2.75, 3.05) is 0 Å². The zero-order valence-corrected chi connectivity index (χ0v) is 14.2. The van der Waals surface area contributed by atoms with E-state index in [4.69, 9.17) is 0 Å². The van der Waals surface area contributed by atoms with Gasteiger partial charge in [0, 0.05) is 25.0 Å². The normalized spacial score (nSPS) is 12.0. The number of hydrogen-bond donors (Lipinski definition) is 1. The lowest BCUT2D eigenvalue weighted by Crippen LogP contribution is -2.32. The zero-order valence-electron chi connectivity index (χ0n) is 14.2. The van der Waals surface area contributed by atoms with Crippen molar-refractivity contribution < 1.29 is 9.18 Å². The van der Waals surface area contributed by atoms with Crippen molar-refractivity contribution in [1.29, 1.82) is 0 Å². The number of benzene rings is 2. The van der Waals surface area contributed by atoms with Gasteiger partial charge in [-0.2, -0.15) is 0 Å². The van der Waals surface area contributed by atoms with E-state index in [1.807, 2.05) is 38.2 Å². The summed E-state index contributed by atoms with van der Waals surface area (Å²) in [6.45, 7) is 2.00. The second-order valence-corrected chi connectivity index (χ2v) is 6.08. The Balaban J connectivity index is 1.85. The first-order valence-corrected chi connectivity index (χ1v) is 8.11. The zero-order chi connectivity index (χ0) is 17.8. The first kappa shape index (κ1) is 16.9. The van der Waals surface area contributed by atoms with Crippen LogP contribution in [0.5, 0.6) is 0 Å². The third kappa shape index (κ3) is 3.94. The molecule has 0 saturated carbocycles. The highest BCUT2D eigenvalue weighted by Crippen LogP contribution is 2.23. The Labute approximate surface area is 146 Å². The van der Waals surface area contributed by atoms with Gasteiger partial charge < -0.3 is 9.88 Å². The summed E-state index contributed by atoms with van der Waals surface area (Å²) in [6.07, 6.45) is 3.64. The molecule has 0 aliphatic rings. The highest BCUT2D eigenvalue weighted by Gasteiger charge is 2.23. The topological polar surface area (TPSA) is 46.9 Å². The number of amides is 1. The lowest BCUT2D eigenvalue weighted by atomic mass is 10.0. The summed E-state index contributed by atoms with van der Waals surface area (Å²) in [5.74, 6) is 0.0357. The maximum absolute atomic E-state index is 14.3. The van der Waals surface area contributed by atoms with Crippen molar-refractivity contribution in [2.24, 2.45) is 7.05 Å². The number of imidazole rings is 1. The largest absolute Gasteiger partial charge is 0.342 e. The van der Waals surface area contributed by atoms with Crippen LogP contribution in [0.3, 0.4) is 0 Å². The third-order valence-corrected chi connectivity index (χ3v) is 4.12.